The number of carbonyl (C=O) groups is 2. The van der Waals surface area contributed by atoms with Crippen LogP contribution < -0.4 is 31.9 Å². The zero-order valence-electron chi connectivity index (χ0n) is 42.9. The summed E-state index contributed by atoms with van der Waals surface area (Å²) in [4.78, 5) is 42.0. The summed E-state index contributed by atoms with van der Waals surface area (Å²) in [7, 11) is 3.29. The topological polar surface area (TPSA) is 248 Å². The first kappa shape index (κ1) is 57.3. The lowest BCUT2D eigenvalue weighted by atomic mass is 10.0. The van der Waals surface area contributed by atoms with Crippen molar-refractivity contribution < 1.29 is 59.0 Å². The molecule has 2 amide bonds. The van der Waals surface area contributed by atoms with E-state index in [1.807, 2.05) is 0 Å². The van der Waals surface area contributed by atoms with E-state index in [1.165, 1.54) is 38.4 Å². The van der Waals surface area contributed by atoms with Gasteiger partial charge in [-0.3, -0.25) is 19.0 Å². The van der Waals surface area contributed by atoms with Gasteiger partial charge in [0.15, 0.2) is 0 Å². The van der Waals surface area contributed by atoms with E-state index < -0.39 is 55.2 Å². The zero-order valence-corrected chi connectivity index (χ0v) is 43.8. The fourth-order valence-electron chi connectivity index (χ4n) is 7.61. The van der Waals surface area contributed by atoms with Gasteiger partial charge in [0, 0.05) is 80.2 Å². The second-order valence-electron chi connectivity index (χ2n) is 17.2. The van der Waals surface area contributed by atoms with Crippen molar-refractivity contribution in [3.63, 3.8) is 0 Å². The minimum atomic E-state index is -4.86. The third-order valence-electron chi connectivity index (χ3n) is 11.8. The first-order valence-corrected chi connectivity index (χ1v) is 25.1. The quantitative estimate of drug-likeness (QED) is 0.0243. The molecule has 0 fully saturated rings. The molecule has 0 bridgehead atoms. The third kappa shape index (κ3) is 14.8. The van der Waals surface area contributed by atoms with E-state index in [1.54, 1.807) is 109 Å². The van der Waals surface area contributed by atoms with E-state index >= 15 is 0 Å². The molecule has 0 radical (unpaired) electrons. The van der Waals surface area contributed by atoms with Crippen LogP contribution in [0.5, 0.6) is 0 Å². The van der Waals surface area contributed by atoms with Crippen LogP contribution in [0.2, 0.25) is 0 Å². The Hall–Kier alpha value is -8.88. The smallest absolute Gasteiger partial charge is 0.383 e. The van der Waals surface area contributed by atoms with Crippen LogP contribution in [-0.2, 0) is 61.7 Å². The summed E-state index contributed by atoms with van der Waals surface area (Å²) in [6.45, 7) is 1.54. The van der Waals surface area contributed by atoms with Gasteiger partial charge < -0.3 is 41.4 Å². The maximum atomic E-state index is 14.3. The molecule has 0 atom stereocenters. The number of hydrogen-bond acceptors (Lipinski definition) is 17. The van der Waals surface area contributed by atoms with Crippen molar-refractivity contribution in [1.29, 1.82) is 0 Å². The Balaban J connectivity index is 0.858. The normalized spacial score (nSPS) is 11.5. The molecule has 8 aromatic rings. The molecule has 6 N–H and O–H groups in total. The van der Waals surface area contributed by atoms with Crippen molar-refractivity contribution in [2.45, 2.75) is 38.7 Å². The molecule has 8 rings (SSSR count). The van der Waals surface area contributed by atoms with Gasteiger partial charge in [0.25, 0.3) is 11.8 Å². The lowest BCUT2D eigenvalue weighted by Crippen LogP contribution is -2.20. The number of rotatable bonds is 24. The van der Waals surface area contributed by atoms with Gasteiger partial charge >= 0.3 is 20.6 Å². The van der Waals surface area contributed by atoms with Crippen LogP contribution in [0.15, 0.2) is 122 Å². The van der Waals surface area contributed by atoms with Crippen molar-refractivity contribution >= 4 is 66.4 Å². The molecular weight excluding hydrogens is 1080 g/mol. The van der Waals surface area contributed by atoms with Gasteiger partial charge in [-0.25, -0.2) is 9.97 Å². The Morgan fingerprint density at radius 1 is 0.550 bits per heavy atom. The molecule has 0 aliphatic carbocycles. The van der Waals surface area contributed by atoms with Crippen LogP contribution in [0.4, 0.5) is 72.6 Å². The number of methoxy groups -OCH3 is 2. The number of alkyl halides is 6. The highest BCUT2D eigenvalue weighted by molar-refractivity contribution is 7.33. The maximum absolute atomic E-state index is 14.3. The van der Waals surface area contributed by atoms with Crippen LogP contribution in [0.3, 0.4) is 0 Å². The molecule has 0 aliphatic heterocycles. The van der Waals surface area contributed by atoms with Crippen molar-refractivity contribution in [1.82, 2.24) is 50.1 Å². The van der Waals surface area contributed by atoms with Crippen LogP contribution in [0.1, 0.15) is 43.0 Å². The predicted octanol–water partition coefficient (Wildman–Crippen LogP) is 10.4. The van der Waals surface area contributed by atoms with Crippen LogP contribution in [0.25, 0.3) is 22.3 Å². The number of benzene rings is 4. The molecule has 416 valence electrons. The number of ether oxygens (including phenoxy) is 2. The molecule has 0 saturated heterocycles. The molecule has 4 heterocycles. The molecule has 4 aromatic carbocycles. The van der Waals surface area contributed by atoms with E-state index in [2.05, 4.69) is 62.0 Å². The number of amides is 2. The Bertz CT molecular complexity index is 3250. The summed E-state index contributed by atoms with van der Waals surface area (Å²) in [5.41, 5.74) is 2.26. The number of anilines is 8. The Labute approximate surface area is 453 Å². The van der Waals surface area contributed by atoms with E-state index in [-0.39, 0.29) is 47.6 Å². The summed E-state index contributed by atoms with van der Waals surface area (Å²) in [6.07, 6.45) is -1.78. The van der Waals surface area contributed by atoms with Crippen LogP contribution in [-0.4, -0.2) is 92.8 Å². The molecular formula is C52H50F6N14O7P+. The van der Waals surface area contributed by atoms with Crippen LogP contribution in [0, 0.1) is 0 Å². The lowest BCUT2D eigenvalue weighted by Gasteiger charge is -2.17. The molecule has 28 heteroatoms. The van der Waals surface area contributed by atoms with Gasteiger partial charge in [-0.05, 0) is 70.8 Å². The van der Waals surface area contributed by atoms with E-state index in [4.69, 9.17) is 18.5 Å². The second-order valence-corrected chi connectivity index (χ2v) is 18.2. The summed E-state index contributed by atoms with van der Waals surface area (Å²) in [5.74, 6) is -2.75. The predicted molar refractivity (Wildman–Crippen MR) is 283 cm³/mol. The average Bonchev–Trinajstić information content (AvgIpc) is 4.15. The first-order chi connectivity index (χ1) is 38.4. The summed E-state index contributed by atoms with van der Waals surface area (Å²) >= 11 is 0. The van der Waals surface area contributed by atoms with E-state index in [9.17, 15) is 40.5 Å². The standard InChI is InChI=1S/C52H49F6N14O7P/c1-59-47(73)39-21-33(35-23-63-71(27-35)17-19-76-3)9-15-43(39)67-45-41(51(53,54)55)25-61-49(69-45)65-37-11-5-31(6-12-37)29-78-80(75)79-30-32-7-13-38(14-8-32)66-50-62-26-42(52(56,57)58)46(70-50)68-44-16-10-34(22-40(44)48(74)60-2)36-24-64-72(28-36)18-20-77-4/h5-16,21-28H,17-20,29-30H2,1-4H3,(H5-,59,60,61,62,65,66,67,68,69,70,73,74)/p+1. The third-order valence-corrected chi connectivity index (χ3v) is 12.4. The number of aromatic nitrogens is 8. The maximum Gasteiger partial charge on any atom is 0.698 e. The van der Waals surface area contributed by atoms with Gasteiger partial charge in [0.05, 0.1) is 61.2 Å². The van der Waals surface area contributed by atoms with Gasteiger partial charge in [0.1, 0.15) is 36.0 Å². The van der Waals surface area contributed by atoms with Crippen molar-refractivity contribution in [2.75, 3.05) is 62.8 Å². The largest absolute Gasteiger partial charge is 0.698 e. The van der Waals surface area contributed by atoms with Crippen molar-refractivity contribution in [3.05, 3.63) is 155 Å². The highest BCUT2D eigenvalue weighted by atomic mass is 31.1. The summed E-state index contributed by atoms with van der Waals surface area (Å²) < 4.78 is 123. The highest BCUT2D eigenvalue weighted by Crippen LogP contribution is 2.39. The van der Waals surface area contributed by atoms with Gasteiger partial charge in [0.2, 0.25) is 11.9 Å². The van der Waals surface area contributed by atoms with Crippen molar-refractivity contribution in [3.8, 4) is 22.3 Å². The SMILES string of the molecule is CNC(=O)c1cc(-c2cnn(CCOC)c2)ccc1Nc1nc(Nc2ccc(CO[P+](=O)OCc3ccc(Nc4ncc(C(F)(F)F)c(Nc5ccc(-c6cnn(CCOC)c6)cc5C(=O)NC)n4)cc3)cc2)ncc1C(F)(F)F. The molecule has 0 spiro atoms. The average molecular weight is 1130 g/mol. The van der Waals surface area contributed by atoms with Gasteiger partial charge in [-0.15, -0.1) is 9.05 Å². The van der Waals surface area contributed by atoms with Gasteiger partial charge in [-0.2, -0.15) is 46.5 Å². The Kier molecular flexibility index (Phi) is 18.4. The Morgan fingerprint density at radius 3 is 1.31 bits per heavy atom. The number of halogens is 6. The number of nitrogens with one attached hydrogen (secondary N) is 6. The molecule has 0 saturated carbocycles. The number of carbonyl (C=O) groups excluding carboxylic acids is 2. The molecule has 0 aliphatic rings. The fraction of sp³-hybridized carbons (Fsp3) is 0.231. The lowest BCUT2D eigenvalue weighted by molar-refractivity contribution is -0.138. The van der Waals surface area contributed by atoms with Crippen LogP contribution >= 0.6 is 8.25 Å². The summed E-state index contributed by atoms with van der Waals surface area (Å²) in [6, 6.07) is 22.0. The molecule has 21 nitrogen and oxygen atoms in total. The fourth-order valence-corrected chi connectivity index (χ4v) is 8.20. The number of hydrogen-bond donors (Lipinski definition) is 6. The first-order valence-electron chi connectivity index (χ1n) is 24.0. The second kappa shape index (κ2) is 25.7. The number of nitrogens with zero attached hydrogens (tertiary/aromatic N) is 8. The van der Waals surface area contributed by atoms with Crippen molar-refractivity contribution in [2.24, 2.45) is 0 Å². The highest BCUT2D eigenvalue weighted by Gasteiger charge is 2.37. The van der Waals surface area contributed by atoms with E-state index in [0.29, 0.717) is 83.5 Å². The van der Waals surface area contributed by atoms with E-state index in [0.717, 1.165) is 0 Å². The Morgan fingerprint density at radius 2 is 0.950 bits per heavy atom. The minimum absolute atomic E-state index is 0.0472. The molecule has 0 unspecified atom stereocenters. The molecule has 4 aromatic heterocycles. The van der Waals surface area contributed by atoms with Gasteiger partial charge in [-0.1, -0.05) is 36.4 Å². The monoisotopic (exact) mass is 1130 g/mol. The summed E-state index contributed by atoms with van der Waals surface area (Å²) in [5, 5.41) is 24.7. The minimum Gasteiger partial charge on any atom is -0.383 e. The molecule has 80 heavy (non-hydrogen) atoms. The zero-order chi connectivity index (χ0) is 57.0.